The zero-order chi connectivity index (χ0) is 18.9. The first-order chi connectivity index (χ1) is 11.0. The van der Waals surface area contributed by atoms with E-state index in [-0.39, 0.29) is 32.2 Å². The summed E-state index contributed by atoms with van der Waals surface area (Å²) in [5, 5.41) is -4.33. The number of hydrogen-bond acceptors (Lipinski definition) is 4. The summed E-state index contributed by atoms with van der Waals surface area (Å²) in [7, 11) is 0. The van der Waals surface area contributed by atoms with Crippen LogP contribution >= 0.6 is 12.6 Å². The second-order valence-electron chi connectivity index (χ2n) is 6.12. The Kier molecular flexibility index (Phi) is 10.3. The molecule has 0 saturated carbocycles. The van der Waals surface area contributed by atoms with Crippen molar-refractivity contribution in [1.29, 1.82) is 0 Å². The monoisotopic (exact) mass is 376 g/mol. The summed E-state index contributed by atoms with van der Waals surface area (Å²) in [6.45, 7) is 6.14. The first-order valence-corrected chi connectivity index (χ1v) is 8.68. The minimum atomic E-state index is -4.33. The highest BCUT2D eigenvalue weighted by atomic mass is 32.1. The van der Waals surface area contributed by atoms with E-state index in [0.29, 0.717) is 12.8 Å². The van der Waals surface area contributed by atoms with Crippen LogP contribution in [0.4, 0.5) is 17.6 Å². The molecule has 24 heavy (non-hydrogen) atoms. The molecule has 0 rings (SSSR count). The number of esters is 1. The van der Waals surface area contributed by atoms with E-state index in [1.54, 1.807) is 0 Å². The van der Waals surface area contributed by atoms with Crippen molar-refractivity contribution in [3.63, 3.8) is 0 Å². The molecular formula is C16H28F4O3S. The molecule has 0 aliphatic carbocycles. The van der Waals surface area contributed by atoms with Crippen LogP contribution in [0.3, 0.4) is 0 Å². The third-order valence-corrected chi connectivity index (χ3v) is 4.29. The molecule has 1 unspecified atom stereocenters. The molecule has 0 saturated heterocycles. The minimum absolute atomic E-state index is 0.0596. The average Bonchev–Trinajstić information content (AvgIpc) is 2.48. The number of ether oxygens (including phenoxy) is 2. The van der Waals surface area contributed by atoms with E-state index in [2.05, 4.69) is 12.6 Å². The molecule has 0 heterocycles. The van der Waals surface area contributed by atoms with Crippen molar-refractivity contribution < 1.29 is 31.8 Å². The number of rotatable bonds is 13. The van der Waals surface area contributed by atoms with Gasteiger partial charge in [-0.3, -0.25) is 4.79 Å². The van der Waals surface area contributed by atoms with Crippen molar-refractivity contribution >= 4 is 18.6 Å². The number of alkyl halides is 4. The molecule has 0 aromatic carbocycles. The minimum Gasteiger partial charge on any atom is -0.465 e. The van der Waals surface area contributed by atoms with Gasteiger partial charge in [0.1, 0.15) is 0 Å². The fourth-order valence-corrected chi connectivity index (χ4v) is 2.24. The maximum atomic E-state index is 12.9. The highest BCUT2D eigenvalue weighted by Gasteiger charge is 2.52. The molecule has 0 aromatic rings. The van der Waals surface area contributed by atoms with E-state index in [0.717, 1.165) is 12.8 Å². The Bertz CT molecular complexity index is 375. The van der Waals surface area contributed by atoms with Gasteiger partial charge in [0.05, 0.1) is 12.0 Å². The van der Waals surface area contributed by atoms with Gasteiger partial charge in [0, 0.05) is 26.1 Å². The molecule has 0 radical (unpaired) electrons. The molecule has 0 amide bonds. The lowest BCUT2D eigenvalue weighted by molar-refractivity contribution is -0.157. The summed E-state index contributed by atoms with van der Waals surface area (Å²) in [6, 6.07) is 0. The Balaban J connectivity index is 3.80. The Labute approximate surface area is 146 Å². The van der Waals surface area contributed by atoms with Crippen LogP contribution in [0.25, 0.3) is 0 Å². The first-order valence-electron chi connectivity index (χ1n) is 8.23. The smallest absolute Gasteiger partial charge is 0.353 e. The van der Waals surface area contributed by atoms with Gasteiger partial charge in [0.25, 0.3) is 0 Å². The van der Waals surface area contributed by atoms with Gasteiger partial charge < -0.3 is 9.47 Å². The normalized spacial score (nSPS) is 15.2. The first kappa shape index (κ1) is 23.5. The van der Waals surface area contributed by atoms with E-state index < -0.39 is 23.0 Å². The van der Waals surface area contributed by atoms with Gasteiger partial charge in [-0.2, -0.15) is 17.6 Å². The van der Waals surface area contributed by atoms with Crippen molar-refractivity contribution in [2.24, 2.45) is 5.41 Å². The zero-order valence-electron chi connectivity index (χ0n) is 14.5. The number of thiol groups is 1. The standard InChI is InChI=1S/C16H28F4O3S/c1-4-8-14(3,5-2)13(21)23-12-7-11-22-10-6-9-15(17,18)16(19,20)24/h24H,4-12H2,1-3H3. The average molecular weight is 376 g/mol. The topological polar surface area (TPSA) is 35.5 Å². The van der Waals surface area contributed by atoms with Crippen LogP contribution in [-0.4, -0.2) is 37.0 Å². The summed E-state index contributed by atoms with van der Waals surface area (Å²) < 4.78 is 61.0. The molecular weight excluding hydrogens is 348 g/mol. The maximum Gasteiger partial charge on any atom is 0.353 e. The summed E-state index contributed by atoms with van der Waals surface area (Å²) in [6.07, 6.45) is 1.57. The van der Waals surface area contributed by atoms with Crippen LogP contribution in [0.1, 0.15) is 59.3 Å². The largest absolute Gasteiger partial charge is 0.465 e. The Morgan fingerprint density at radius 3 is 2.08 bits per heavy atom. The fourth-order valence-electron chi connectivity index (χ4n) is 2.12. The molecule has 0 bridgehead atoms. The van der Waals surface area contributed by atoms with E-state index >= 15 is 0 Å². The summed E-state index contributed by atoms with van der Waals surface area (Å²) >= 11 is 2.60. The summed E-state index contributed by atoms with van der Waals surface area (Å²) in [5.74, 6) is -4.40. The van der Waals surface area contributed by atoms with Gasteiger partial charge in [-0.05, 0) is 26.2 Å². The van der Waals surface area contributed by atoms with E-state index in [1.807, 2.05) is 20.8 Å². The summed E-state index contributed by atoms with van der Waals surface area (Å²) in [5.41, 5.74) is -0.487. The van der Waals surface area contributed by atoms with Gasteiger partial charge in [-0.15, -0.1) is 0 Å². The lowest BCUT2D eigenvalue weighted by Gasteiger charge is -2.25. The molecule has 0 aliphatic heterocycles. The Hall–Kier alpha value is -0.500. The second-order valence-corrected chi connectivity index (χ2v) is 6.68. The maximum absolute atomic E-state index is 12.9. The number of hydrogen-bond donors (Lipinski definition) is 1. The highest BCUT2D eigenvalue weighted by molar-refractivity contribution is 7.81. The van der Waals surface area contributed by atoms with Crippen LogP contribution in [-0.2, 0) is 14.3 Å². The molecule has 0 spiro atoms. The lowest BCUT2D eigenvalue weighted by atomic mass is 9.83. The van der Waals surface area contributed by atoms with Crippen molar-refractivity contribution in [2.75, 3.05) is 19.8 Å². The van der Waals surface area contributed by atoms with Crippen molar-refractivity contribution in [2.45, 2.75) is 70.5 Å². The SMILES string of the molecule is CCCC(C)(CC)C(=O)OCCCOCCCC(F)(F)C(F)(F)S. The van der Waals surface area contributed by atoms with Gasteiger partial charge in [-0.1, -0.05) is 32.9 Å². The molecule has 0 aromatic heterocycles. The van der Waals surface area contributed by atoms with Crippen LogP contribution in [0.5, 0.6) is 0 Å². The lowest BCUT2D eigenvalue weighted by Crippen LogP contribution is -2.35. The van der Waals surface area contributed by atoms with Crippen molar-refractivity contribution in [3.8, 4) is 0 Å². The van der Waals surface area contributed by atoms with E-state index in [9.17, 15) is 22.4 Å². The van der Waals surface area contributed by atoms with Gasteiger partial charge in [0.15, 0.2) is 0 Å². The van der Waals surface area contributed by atoms with Crippen molar-refractivity contribution in [1.82, 2.24) is 0 Å². The van der Waals surface area contributed by atoms with Gasteiger partial charge in [-0.25, -0.2) is 0 Å². The molecule has 144 valence electrons. The van der Waals surface area contributed by atoms with Crippen LogP contribution < -0.4 is 0 Å². The van der Waals surface area contributed by atoms with Gasteiger partial charge in [0.2, 0.25) is 0 Å². The number of carbonyl (C=O) groups is 1. The van der Waals surface area contributed by atoms with Crippen molar-refractivity contribution in [3.05, 3.63) is 0 Å². The number of halogens is 4. The van der Waals surface area contributed by atoms with E-state index in [4.69, 9.17) is 9.47 Å². The third kappa shape index (κ3) is 8.05. The molecule has 3 nitrogen and oxygen atoms in total. The molecule has 8 heteroatoms. The van der Waals surface area contributed by atoms with E-state index in [1.165, 1.54) is 0 Å². The number of carbonyl (C=O) groups excluding carboxylic acids is 1. The molecule has 0 aliphatic rings. The molecule has 0 fully saturated rings. The Morgan fingerprint density at radius 1 is 1.00 bits per heavy atom. The van der Waals surface area contributed by atoms with Crippen LogP contribution in [0.2, 0.25) is 0 Å². The Morgan fingerprint density at radius 2 is 1.58 bits per heavy atom. The van der Waals surface area contributed by atoms with Gasteiger partial charge >= 0.3 is 17.1 Å². The predicted molar refractivity (Wildman–Crippen MR) is 87.8 cm³/mol. The quantitative estimate of drug-likeness (QED) is 0.210. The van der Waals surface area contributed by atoms with Crippen LogP contribution in [0, 0.1) is 5.41 Å². The predicted octanol–water partition coefficient (Wildman–Crippen LogP) is 5.09. The second kappa shape index (κ2) is 10.5. The fraction of sp³-hybridized carbons (Fsp3) is 0.938. The third-order valence-electron chi connectivity index (χ3n) is 3.96. The molecule has 1 atom stereocenters. The molecule has 0 N–H and O–H groups in total. The van der Waals surface area contributed by atoms with Crippen LogP contribution in [0.15, 0.2) is 0 Å². The summed E-state index contributed by atoms with van der Waals surface area (Å²) in [4.78, 5) is 12.0. The zero-order valence-corrected chi connectivity index (χ0v) is 15.4. The highest BCUT2D eigenvalue weighted by Crippen LogP contribution is 2.40.